The van der Waals surface area contributed by atoms with Crippen molar-refractivity contribution in [2.45, 2.75) is 57.0 Å². The van der Waals surface area contributed by atoms with Gasteiger partial charge in [-0.2, -0.15) is 0 Å². The molecule has 2 aliphatic rings. The van der Waals surface area contributed by atoms with Crippen LogP contribution >= 0.6 is 0 Å². The Balaban J connectivity index is 1.76. The molecule has 22 heavy (non-hydrogen) atoms. The molecule has 1 saturated carbocycles. The van der Waals surface area contributed by atoms with E-state index in [0.29, 0.717) is 0 Å². The zero-order valence-corrected chi connectivity index (χ0v) is 13.4. The number of halogens is 1. The molecule has 0 bridgehead atoms. The first-order chi connectivity index (χ1) is 10.7. The summed E-state index contributed by atoms with van der Waals surface area (Å²) in [4.78, 5) is 2.54. The number of rotatable bonds is 3. The van der Waals surface area contributed by atoms with Gasteiger partial charge in [0.15, 0.2) is 0 Å². The number of hydrogen-bond acceptors (Lipinski definition) is 2. The standard InChI is InChI=1S/C19H28FNO/c20-18-10-8-16(9-11-18)19(22)12-4-3-7-17(19)15-21-13-5-1-2-6-14-21/h8-11,17,22H,1-7,12-15H2. The largest absolute Gasteiger partial charge is 0.385 e. The van der Waals surface area contributed by atoms with E-state index in [0.717, 1.165) is 44.5 Å². The van der Waals surface area contributed by atoms with Crippen molar-refractivity contribution in [3.8, 4) is 0 Å². The molecular weight excluding hydrogens is 277 g/mol. The van der Waals surface area contributed by atoms with Crippen LogP contribution in [0.2, 0.25) is 0 Å². The highest BCUT2D eigenvalue weighted by Crippen LogP contribution is 2.42. The summed E-state index contributed by atoms with van der Waals surface area (Å²) in [5, 5.41) is 11.3. The number of aliphatic hydroxyl groups is 1. The summed E-state index contributed by atoms with van der Waals surface area (Å²) in [6.45, 7) is 3.31. The van der Waals surface area contributed by atoms with Gasteiger partial charge in [-0.05, 0) is 56.5 Å². The lowest BCUT2D eigenvalue weighted by Crippen LogP contribution is -2.44. The van der Waals surface area contributed by atoms with Crippen molar-refractivity contribution >= 4 is 0 Å². The predicted octanol–water partition coefficient (Wildman–Crippen LogP) is 4.08. The van der Waals surface area contributed by atoms with Crippen molar-refractivity contribution < 1.29 is 9.50 Å². The van der Waals surface area contributed by atoms with Crippen LogP contribution in [0.25, 0.3) is 0 Å². The molecule has 1 aromatic carbocycles. The summed E-state index contributed by atoms with van der Waals surface area (Å²) in [5.74, 6) is 0.0389. The van der Waals surface area contributed by atoms with Gasteiger partial charge in [0.1, 0.15) is 5.82 Å². The number of hydrogen-bond donors (Lipinski definition) is 1. The van der Waals surface area contributed by atoms with Crippen LogP contribution in [0.3, 0.4) is 0 Å². The minimum atomic E-state index is -0.780. The SMILES string of the molecule is OC1(c2ccc(F)cc2)CCCCC1CN1CCCCCC1. The Morgan fingerprint density at radius 3 is 2.36 bits per heavy atom. The fraction of sp³-hybridized carbons (Fsp3) is 0.684. The van der Waals surface area contributed by atoms with E-state index in [4.69, 9.17) is 0 Å². The van der Waals surface area contributed by atoms with E-state index in [1.165, 1.54) is 44.2 Å². The minimum Gasteiger partial charge on any atom is -0.385 e. The van der Waals surface area contributed by atoms with Gasteiger partial charge in [0.2, 0.25) is 0 Å². The predicted molar refractivity (Wildman–Crippen MR) is 87.2 cm³/mol. The summed E-state index contributed by atoms with van der Waals surface area (Å²) >= 11 is 0. The Hall–Kier alpha value is -0.930. The topological polar surface area (TPSA) is 23.5 Å². The normalized spacial score (nSPS) is 30.9. The third kappa shape index (κ3) is 3.52. The highest BCUT2D eigenvalue weighted by atomic mass is 19.1. The van der Waals surface area contributed by atoms with Crippen LogP contribution in [0.4, 0.5) is 4.39 Å². The molecule has 1 aromatic rings. The van der Waals surface area contributed by atoms with Gasteiger partial charge in [-0.25, -0.2) is 4.39 Å². The molecule has 1 aliphatic carbocycles. The van der Waals surface area contributed by atoms with Crippen LogP contribution in [-0.2, 0) is 5.60 Å². The number of nitrogens with zero attached hydrogens (tertiary/aromatic N) is 1. The average Bonchev–Trinajstić information content (AvgIpc) is 2.79. The molecule has 0 aromatic heterocycles. The smallest absolute Gasteiger partial charge is 0.123 e. The van der Waals surface area contributed by atoms with Gasteiger partial charge in [0, 0.05) is 12.5 Å². The molecule has 0 spiro atoms. The molecule has 1 saturated heterocycles. The fourth-order valence-electron chi connectivity index (χ4n) is 4.22. The summed E-state index contributed by atoms with van der Waals surface area (Å²) in [6, 6.07) is 6.50. The first-order valence-corrected chi connectivity index (χ1v) is 8.89. The highest BCUT2D eigenvalue weighted by molar-refractivity contribution is 5.25. The first-order valence-electron chi connectivity index (χ1n) is 8.89. The zero-order valence-electron chi connectivity index (χ0n) is 13.4. The molecule has 2 atom stereocenters. The number of benzene rings is 1. The molecule has 3 rings (SSSR count). The molecule has 3 heteroatoms. The lowest BCUT2D eigenvalue weighted by Gasteiger charge is -2.42. The minimum absolute atomic E-state index is 0.229. The Morgan fingerprint density at radius 1 is 1.00 bits per heavy atom. The Labute approximate surface area is 133 Å². The molecule has 0 radical (unpaired) electrons. The van der Waals surface area contributed by atoms with Crippen LogP contribution in [-0.4, -0.2) is 29.6 Å². The van der Waals surface area contributed by atoms with Crippen molar-refractivity contribution in [3.05, 3.63) is 35.6 Å². The molecule has 2 unspecified atom stereocenters. The summed E-state index contributed by atoms with van der Waals surface area (Å²) in [5.41, 5.74) is 0.117. The highest BCUT2D eigenvalue weighted by Gasteiger charge is 2.41. The molecule has 1 aliphatic heterocycles. The van der Waals surface area contributed by atoms with E-state index < -0.39 is 5.60 Å². The monoisotopic (exact) mass is 305 g/mol. The summed E-state index contributed by atoms with van der Waals surface area (Å²) in [6.07, 6.45) is 9.37. The summed E-state index contributed by atoms with van der Waals surface area (Å²) < 4.78 is 13.2. The average molecular weight is 305 g/mol. The van der Waals surface area contributed by atoms with E-state index in [1.54, 1.807) is 12.1 Å². The second-order valence-electron chi connectivity index (χ2n) is 7.09. The number of likely N-dealkylation sites (tertiary alicyclic amines) is 1. The van der Waals surface area contributed by atoms with Gasteiger partial charge in [-0.1, -0.05) is 37.8 Å². The quantitative estimate of drug-likeness (QED) is 0.909. The van der Waals surface area contributed by atoms with Crippen molar-refractivity contribution in [1.82, 2.24) is 4.90 Å². The van der Waals surface area contributed by atoms with Gasteiger partial charge in [0.05, 0.1) is 5.60 Å². The van der Waals surface area contributed by atoms with Crippen molar-refractivity contribution in [2.24, 2.45) is 5.92 Å². The second kappa shape index (κ2) is 7.10. The Morgan fingerprint density at radius 2 is 1.68 bits per heavy atom. The third-order valence-electron chi connectivity index (χ3n) is 5.56. The van der Waals surface area contributed by atoms with Crippen LogP contribution in [0.15, 0.2) is 24.3 Å². The van der Waals surface area contributed by atoms with Crippen LogP contribution < -0.4 is 0 Å². The molecule has 1 heterocycles. The second-order valence-corrected chi connectivity index (χ2v) is 7.09. The van der Waals surface area contributed by atoms with E-state index in [-0.39, 0.29) is 11.7 Å². The van der Waals surface area contributed by atoms with Crippen LogP contribution in [0.5, 0.6) is 0 Å². The van der Waals surface area contributed by atoms with Crippen molar-refractivity contribution in [2.75, 3.05) is 19.6 Å². The zero-order chi connectivity index (χ0) is 15.4. The lowest BCUT2D eigenvalue weighted by atomic mass is 9.71. The Kier molecular flexibility index (Phi) is 5.14. The van der Waals surface area contributed by atoms with E-state index >= 15 is 0 Å². The van der Waals surface area contributed by atoms with Gasteiger partial charge in [0.25, 0.3) is 0 Å². The third-order valence-corrected chi connectivity index (χ3v) is 5.56. The van der Waals surface area contributed by atoms with Gasteiger partial charge >= 0.3 is 0 Å². The fourth-order valence-corrected chi connectivity index (χ4v) is 4.22. The van der Waals surface area contributed by atoms with Gasteiger partial charge in [-0.3, -0.25) is 0 Å². The molecule has 0 amide bonds. The molecule has 122 valence electrons. The van der Waals surface area contributed by atoms with E-state index in [2.05, 4.69) is 4.90 Å². The summed E-state index contributed by atoms with van der Waals surface area (Å²) in [7, 11) is 0. The molecule has 2 nitrogen and oxygen atoms in total. The maximum Gasteiger partial charge on any atom is 0.123 e. The Bertz CT molecular complexity index is 467. The van der Waals surface area contributed by atoms with Gasteiger partial charge < -0.3 is 10.0 Å². The van der Waals surface area contributed by atoms with Crippen molar-refractivity contribution in [1.29, 1.82) is 0 Å². The van der Waals surface area contributed by atoms with E-state index in [1.807, 2.05) is 0 Å². The molecule has 2 fully saturated rings. The lowest BCUT2D eigenvalue weighted by molar-refractivity contribution is -0.0654. The van der Waals surface area contributed by atoms with Crippen LogP contribution in [0, 0.1) is 11.7 Å². The van der Waals surface area contributed by atoms with Crippen molar-refractivity contribution in [3.63, 3.8) is 0 Å². The van der Waals surface area contributed by atoms with Crippen LogP contribution in [0.1, 0.15) is 56.9 Å². The van der Waals surface area contributed by atoms with Gasteiger partial charge in [-0.15, -0.1) is 0 Å². The maximum atomic E-state index is 13.2. The first kappa shape index (κ1) is 15.9. The molecular formula is C19H28FNO. The maximum absolute atomic E-state index is 13.2. The molecule has 1 N–H and O–H groups in total. The van der Waals surface area contributed by atoms with E-state index in [9.17, 15) is 9.50 Å².